The van der Waals surface area contributed by atoms with Crippen LogP contribution in [0.25, 0.3) is 0 Å². The van der Waals surface area contributed by atoms with Crippen LogP contribution >= 0.6 is 0 Å². The number of unbranched alkanes of at least 4 members (excludes halogenated alkanes) is 3. The number of esters is 2. The molecular weight excluding hydrogens is 412 g/mol. The van der Waals surface area contributed by atoms with E-state index < -0.39 is 5.97 Å². The van der Waals surface area contributed by atoms with Crippen LogP contribution in [-0.2, 0) is 9.53 Å². The van der Waals surface area contributed by atoms with Gasteiger partial charge in [0.25, 0.3) is 0 Å². The smallest absolute Gasteiger partial charge is 0.343 e. The van der Waals surface area contributed by atoms with Gasteiger partial charge in [0.05, 0.1) is 33.0 Å². The van der Waals surface area contributed by atoms with E-state index in [2.05, 4.69) is 6.58 Å². The van der Waals surface area contributed by atoms with Gasteiger partial charge >= 0.3 is 11.9 Å². The lowest BCUT2D eigenvalue weighted by atomic mass is 10.2. The van der Waals surface area contributed by atoms with E-state index in [0.717, 1.165) is 25.7 Å². The summed E-state index contributed by atoms with van der Waals surface area (Å²) in [5.74, 6) is 1.26. The van der Waals surface area contributed by atoms with Crippen LogP contribution in [0.2, 0.25) is 0 Å². The summed E-state index contributed by atoms with van der Waals surface area (Å²) in [6.45, 7) is 6.16. The van der Waals surface area contributed by atoms with E-state index in [0.29, 0.717) is 47.3 Å². The number of rotatable bonds is 13. The lowest BCUT2D eigenvalue weighted by Gasteiger charge is -2.10. The van der Waals surface area contributed by atoms with Crippen molar-refractivity contribution in [1.29, 1.82) is 0 Å². The fourth-order valence-electron chi connectivity index (χ4n) is 2.77. The molecule has 0 N–H and O–H groups in total. The summed E-state index contributed by atoms with van der Waals surface area (Å²) in [6, 6.07) is 11.7. The van der Waals surface area contributed by atoms with E-state index in [9.17, 15) is 9.59 Å². The second-order valence-corrected chi connectivity index (χ2v) is 7.11. The molecule has 0 spiro atoms. The Bertz CT molecular complexity index is 903. The van der Waals surface area contributed by atoms with Crippen LogP contribution in [-0.4, -0.2) is 39.4 Å². The Balaban J connectivity index is 1.70. The van der Waals surface area contributed by atoms with Gasteiger partial charge in [-0.15, -0.1) is 0 Å². The molecule has 0 bridgehead atoms. The Morgan fingerprint density at radius 1 is 0.812 bits per heavy atom. The molecule has 32 heavy (non-hydrogen) atoms. The molecule has 0 amide bonds. The lowest BCUT2D eigenvalue weighted by Crippen LogP contribution is -2.08. The zero-order valence-electron chi connectivity index (χ0n) is 18.8. The van der Waals surface area contributed by atoms with Gasteiger partial charge in [-0.3, -0.25) is 0 Å². The van der Waals surface area contributed by atoms with Crippen LogP contribution in [0.3, 0.4) is 0 Å². The van der Waals surface area contributed by atoms with Crippen LogP contribution in [0, 0.1) is 0 Å². The Kier molecular flexibility index (Phi) is 10.1. The number of hydrogen-bond donors (Lipinski definition) is 0. The van der Waals surface area contributed by atoms with Crippen LogP contribution in [0.15, 0.2) is 54.6 Å². The highest BCUT2D eigenvalue weighted by atomic mass is 16.5. The molecule has 2 aromatic rings. The van der Waals surface area contributed by atoms with Crippen molar-refractivity contribution >= 4 is 11.9 Å². The summed E-state index contributed by atoms with van der Waals surface area (Å²) in [4.78, 5) is 23.6. The number of carbonyl (C=O) groups is 2. The largest absolute Gasteiger partial charge is 0.494 e. The quantitative estimate of drug-likeness (QED) is 0.187. The molecule has 0 aromatic heterocycles. The van der Waals surface area contributed by atoms with Crippen molar-refractivity contribution < 1.29 is 33.3 Å². The first-order valence-electron chi connectivity index (χ1n) is 10.4. The predicted molar refractivity (Wildman–Crippen MR) is 121 cm³/mol. The lowest BCUT2D eigenvalue weighted by molar-refractivity contribution is -0.139. The number of carbonyl (C=O) groups excluding carboxylic acids is 2. The summed E-state index contributed by atoms with van der Waals surface area (Å²) in [7, 11) is 3.06. The van der Waals surface area contributed by atoms with Crippen molar-refractivity contribution in [3.8, 4) is 23.0 Å². The summed E-state index contributed by atoms with van der Waals surface area (Å²) in [5.41, 5.74) is 0.829. The fraction of sp³-hybridized carbons (Fsp3) is 0.360. The minimum absolute atomic E-state index is 0.343. The monoisotopic (exact) mass is 442 g/mol. The van der Waals surface area contributed by atoms with E-state index in [1.54, 1.807) is 49.4 Å². The third-order valence-electron chi connectivity index (χ3n) is 4.54. The van der Waals surface area contributed by atoms with E-state index in [1.165, 1.54) is 14.2 Å². The van der Waals surface area contributed by atoms with Crippen molar-refractivity contribution in [2.75, 3.05) is 27.4 Å². The summed E-state index contributed by atoms with van der Waals surface area (Å²) < 4.78 is 26.6. The zero-order chi connectivity index (χ0) is 23.3. The normalized spacial score (nSPS) is 10.2. The average Bonchev–Trinajstić information content (AvgIpc) is 2.80. The van der Waals surface area contributed by atoms with Gasteiger partial charge in [-0.25, -0.2) is 9.59 Å². The van der Waals surface area contributed by atoms with Gasteiger partial charge in [0.2, 0.25) is 0 Å². The SMILES string of the molecule is C=C(C)C(=O)OCCCCCCOc1ccc(C(=O)Oc2ccc(OC)c(OC)c2)cc1. The van der Waals surface area contributed by atoms with Crippen molar-refractivity contribution in [1.82, 2.24) is 0 Å². The van der Waals surface area contributed by atoms with E-state index >= 15 is 0 Å². The molecule has 0 radical (unpaired) electrons. The molecule has 7 nitrogen and oxygen atoms in total. The van der Waals surface area contributed by atoms with Crippen LogP contribution in [0.1, 0.15) is 43.0 Å². The molecule has 0 atom stereocenters. The predicted octanol–water partition coefficient (Wildman–Crippen LogP) is 4.98. The van der Waals surface area contributed by atoms with Crippen molar-refractivity contribution in [2.24, 2.45) is 0 Å². The van der Waals surface area contributed by atoms with Crippen molar-refractivity contribution in [2.45, 2.75) is 32.6 Å². The molecule has 0 aliphatic carbocycles. The zero-order valence-corrected chi connectivity index (χ0v) is 18.8. The Morgan fingerprint density at radius 3 is 2.06 bits per heavy atom. The van der Waals surface area contributed by atoms with Gasteiger partial charge in [-0.2, -0.15) is 0 Å². The third-order valence-corrected chi connectivity index (χ3v) is 4.54. The maximum Gasteiger partial charge on any atom is 0.343 e. The topological polar surface area (TPSA) is 80.3 Å². The minimum atomic E-state index is -0.476. The van der Waals surface area contributed by atoms with Gasteiger partial charge in [0.1, 0.15) is 11.5 Å². The Morgan fingerprint density at radius 2 is 1.44 bits per heavy atom. The van der Waals surface area contributed by atoms with Crippen molar-refractivity contribution in [3.63, 3.8) is 0 Å². The Labute approximate surface area is 188 Å². The van der Waals surface area contributed by atoms with Gasteiger partial charge in [0, 0.05) is 11.6 Å². The summed E-state index contributed by atoms with van der Waals surface area (Å²) >= 11 is 0. The highest BCUT2D eigenvalue weighted by molar-refractivity contribution is 5.91. The first-order chi connectivity index (χ1) is 15.4. The fourth-order valence-corrected chi connectivity index (χ4v) is 2.77. The number of methoxy groups -OCH3 is 2. The molecule has 0 fully saturated rings. The molecule has 172 valence electrons. The molecule has 0 heterocycles. The maximum atomic E-state index is 12.4. The molecule has 2 rings (SSSR count). The van der Waals surface area contributed by atoms with Gasteiger partial charge in [0.15, 0.2) is 11.5 Å². The van der Waals surface area contributed by atoms with Crippen LogP contribution < -0.4 is 18.9 Å². The maximum absolute atomic E-state index is 12.4. The Hall–Kier alpha value is -3.48. The number of hydrogen-bond acceptors (Lipinski definition) is 7. The second kappa shape index (κ2) is 13.0. The van der Waals surface area contributed by atoms with Crippen molar-refractivity contribution in [3.05, 3.63) is 60.2 Å². The highest BCUT2D eigenvalue weighted by Crippen LogP contribution is 2.31. The van der Waals surface area contributed by atoms with E-state index in [4.69, 9.17) is 23.7 Å². The molecule has 0 saturated heterocycles. The molecule has 0 saturated carbocycles. The first-order valence-corrected chi connectivity index (χ1v) is 10.4. The molecule has 0 unspecified atom stereocenters. The van der Waals surface area contributed by atoms with E-state index in [1.807, 2.05) is 0 Å². The minimum Gasteiger partial charge on any atom is -0.494 e. The first kappa shape index (κ1) is 24.8. The molecule has 0 aliphatic heterocycles. The van der Waals surface area contributed by atoms with Crippen LogP contribution in [0.4, 0.5) is 0 Å². The van der Waals surface area contributed by atoms with Crippen LogP contribution in [0.5, 0.6) is 23.0 Å². The van der Waals surface area contributed by atoms with E-state index in [-0.39, 0.29) is 5.97 Å². The molecule has 0 aliphatic rings. The van der Waals surface area contributed by atoms with Gasteiger partial charge < -0.3 is 23.7 Å². The third kappa shape index (κ3) is 7.98. The molecular formula is C25H30O7. The molecule has 2 aromatic carbocycles. The van der Waals surface area contributed by atoms with Gasteiger partial charge in [-0.05, 0) is 69.0 Å². The standard InChI is InChI=1S/C25H30O7/c1-18(2)24(26)31-16-8-6-5-7-15-30-20-11-9-19(10-12-20)25(27)32-21-13-14-22(28-3)23(17-21)29-4/h9-14,17H,1,5-8,15-16H2,2-4H3. The average molecular weight is 443 g/mol. The highest BCUT2D eigenvalue weighted by Gasteiger charge is 2.12. The summed E-state index contributed by atoms with van der Waals surface area (Å²) in [5, 5.41) is 0. The van der Waals surface area contributed by atoms with Gasteiger partial charge in [-0.1, -0.05) is 6.58 Å². The summed E-state index contributed by atoms with van der Waals surface area (Å²) in [6.07, 6.45) is 3.63. The molecule has 7 heteroatoms. The second-order valence-electron chi connectivity index (χ2n) is 7.11. The number of benzene rings is 2. The number of ether oxygens (including phenoxy) is 5.